The zero-order valence-corrected chi connectivity index (χ0v) is 22.2. The summed E-state index contributed by atoms with van der Waals surface area (Å²) in [4.78, 5) is 42.2. The molecule has 0 aromatic rings. The smallest absolute Gasteiger partial charge is 0.261 e. The average molecular weight is 498 g/mol. The predicted molar refractivity (Wildman–Crippen MR) is 138 cm³/mol. The Hall–Kier alpha value is -2.18. The van der Waals surface area contributed by atoms with E-state index < -0.39 is 6.04 Å². The van der Waals surface area contributed by atoms with Gasteiger partial charge in [0.2, 0.25) is 5.91 Å². The number of nitrogens with zero attached hydrogens (tertiary/aromatic N) is 1. The van der Waals surface area contributed by atoms with Crippen LogP contribution < -0.4 is 10.6 Å². The van der Waals surface area contributed by atoms with Gasteiger partial charge in [-0.05, 0) is 112 Å². The van der Waals surface area contributed by atoms with E-state index in [1.54, 1.807) is 6.92 Å². The Kier molecular flexibility index (Phi) is 7.03. The quantitative estimate of drug-likeness (QED) is 0.553. The molecule has 5 rings (SSSR count). The molecular weight excluding hydrogens is 454 g/mol. The van der Waals surface area contributed by atoms with Crippen molar-refractivity contribution in [2.75, 3.05) is 13.2 Å². The van der Waals surface area contributed by atoms with Gasteiger partial charge in [0.1, 0.15) is 11.8 Å². The molecule has 7 heteroatoms. The molecule has 1 aliphatic heterocycles. The molecule has 4 aliphatic carbocycles. The van der Waals surface area contributed by atoms with Crippen LogP contribution in [-0.4, -0.2) is 42.5 Å². The maximum absolute atomic E-state index is 12.4. The topological polar surface area (TPSA) is 96.9 Å². The van der Waals surface area contributed by atoms with Gasteiger partial charge in [0.25, 0.3) is 5.91 Å². The Labute approximate surface area is 215 Å². The summed E-state index contributed by atoms with van der Waals surface area (Å²) in [5.74, 6) is 2.30. The lowest BCUT2D eigenvalue weighted by Gasteiger charge is -2.58. The SMILES string of the molecule is CC(=O)[C@@H]1CC[C@@H]2[C@H]3CCC4=C/C(=N/OCC(=O)N[C@H]5CCCCNC5=O)CC[C@]4(C)[C@@H]3CC[C@]21C. The number of oxime groups is 1. The van der Waals surface area contributed by atoms with Crippen LogP contribution in [0.4, 0.5) is 0 Å². The minimum Gasteiger partial charge on any atom is -0.385 e. The van der Waals surface area contributed by atoms with E-state index in [1.165, 1.54) is 31.3 Å². The second kappa shape index (κ2) is 9.94. The van der Waals surface area contributed by atoms with Crippen molar-refractivity contribution in [1.82, 2.24) is 10.6 Å². The van der Waals surface area contributed by atoms with E-state index in [9.17, 15) is 14.4 Å². The maximum Gasteiger partial charge on any atom is 0.261 e. The summed E-state index contributed by atoms with van der Waals surface area (Å²) in [6.45, 7) is 7.16. The Morgan fingerprint density at radius 2 is 1.92 bits per heavy atom. The number of allylic oxidation sites excluding steroid dienone is 2. The van der Waals surface area contributed by atoms with Crippen LogP contribution in [0, 0.1) is 34.5 Å². The molecule has 4 fully saturated rings. The van der Waals surface area contributed by atoms with Gasteiger partial charge in [-0.25, -0.2) is 0 Å². The second-order valence-electron chi connectivity index (χ2n) is 12.6. The minimum absolute atomic E-state index is 0.114. The van der Waals surface area contributed by atoms with Crippen LogP contribution in [0.15, 0.2) is 16.8 Å². The molecular formula is C29H43N3O4. The number of hydrogen-bond acceptors (Lipinski definition) is 5. The molecule has 0 aromatic carbocycles. The van der Waals surface area contributed by atoms with E-state index in [0.29, 0.717) is 30.6 Å². The lowest BCUT2D eigenvalue weighted by Crippen LogP contribution is -2.51. The molecule has 0 unspecified atom stereocenters. The number of hydrogen-bond donors (Lipinski definition) is 2. The maximum atomic E-state index is 12.4. The number of carbonyl (C=O) groups is 3. The van der Waals surface area contributed by atoms with Crippen molar-refractivity contribution in [3.8, 4) is 0 Å². The minimum atomic E-state index is -0.480. The molecule has 7 nitrogen and oxygen atoms in total. The van der Waals surface area contributed by atoms with Crippen molar-refractivity contribution in [3.05, 3.63) is 11.6 Å². The normalized spacial score (nSPS) is 41.2. The summed E-state index contributed by atoms with van der Waals surface area (Å²) in [6.07, 6.45) is 13.6. The molecule has 3 saturated carbocycles. The summed E-state index contributed by atoms with van der Waals surface area (Å²) in [6, 6.07) is -0.480. The fourth-order valence-electron chi connectivity index (χ4n) is 8.80. The Bertz CT molecular complexity index is 974. The lowest BCUT2D eigenvalue weighted by molar-refractivity contribution is -0.131. The molecule has 2 amide bonds. The zero-order chi connectivity index (χ0) is 25.5. The first-order chi connectivity index (χ1) is 17.2. The summed E-state index contributed by atoms with van der Waals surface area (Å²) in [7, 11) is 0. The molecule has 1 heterocycles. The fraction of sp³-hybridized carbons (Fsp3) is 0.793. The summed E-state index contributed by atoms with van der Waals surface area (Å²) in [5, 5.41) is 9.93. The van der Waals surface area contributed by atoms with Crippen LogP contribution in [0.2, 0.25) is 0 Å². The zero-order valence-electron chi connectivity index (χ0n) is 22.2. The summed E-state index contributed by atoms with van der Waals surface area (Å²) in [5.41, 5.74) is 2.79. The third kappa shape index (κ3) is 4.51. The highest BCUT2D eigenvalue weighted by atomic mass is 16.6. The first-order valence-corrected chi connectivity index (χ1v) is 14.2. The average Bonchev–Trinajstić information content (AvgIpc) is 3.08. The number of Topliss-reactive ketones (excluding diaryl/α,β-unsaturated/α-hetero) is 1. The molecule has 0 aromatic heterocycles. The van der Waals surface area contributed by atoms with Crippen molar-refractivity contribution < 1.29 is 19.2 Å². The van der Waals surface area contributed by atoms with E-state index in [1.807, 2.05) is 0 Å². The number of amides is 2. The van der Waals surface area contributed by atoms with Crippen LogP contribution in [0.1, 0.15) is 91.4 Å². The van der Waals surface area contributed by atoms with Crippen LogP contribution in [0.5, 0.6) is 0 Å². The highest BCUT2D eigenvalue weighted by molar-refractivity contribution is 5.96. The monoisotopic (exact) mass is 497 g/mol. The van der Waals surface area contributed by atoms with Gasteiger partial charge in [-0.15, -0.1) is 0 Å². The highest BCUT2D eigenvalue weighted by Gasteiger charge is 2.59. The van der Waals surface area contributed by atoms with Crippen LogP contribution >= 0.6 is 0 Å². The molecule has 1 saturated heterocycles. The Balaban J connectivity index is 1.20. The third-order valence-corrected chi connectivity index (χ3v) is 10.7. The van der Waals surface area contributed by atoms with Gasteiger partial charge in [0.15, 0.2) is 6.61 Å². The number of rotatable bonds is 5. The van der Waals surface area contributed by atoms with Crippen LogP contribution in [-0.2, 0) is 19.2 Å². The highest BCUT2D eigenvalue weighted by Crippen LogP contribution is 2.66. The molecule has 0 radical (unpaired) electrons. The van der Waals surface area contributed by atoms with Gasteiger partial charge in [0, 0.05) is 12.5 Å². The molecule has 36 heavy (non-hydrogen) atoms. The van der Waals surface area contributed by atoms with Crippen molar-refractivity contribution >= 4 is 23.3 Å². The standard InChI is InChI=1S/C29H43N3O4/c1-18(33)22-9-10-23-21-8-7-19-16-20(11-13-28(19,2)24(21)12-14-29(22,23)3)32-36-17-26(34)31-25-6-4-5-15-30-27(25)35/h16,21-25H,4-15,17H2,1-3H3,(H,30,35)(H,31,34)/b32-20+/t21-,22+,23-,24-,25+,28+,29+/m1/s1. The van der Waals surface area contributed by atoms with Gasteiger partial charge < -0.3 is 15.5 Å². The van der Waals surface area contributed by atoms with Crippen molar-refractivity contribution in [3.63, 3.8) is 0 Å². The van der Waals surface area contributed by atoms with Crippen molar-refractivity contribution in [1.29, 1.82) is 0 Å². The molecule has 198 valence electrons. The van der Waals surface area contributed by atoms with Gasteiger partial charge in [-0.2, -0.15) is 0 Å². The second-order valence-corrected chi connectivity index (χ2v) is 12.6. The van der Waals surface area contributed by atoms with Gasteiger partial charge in [-0.3, -0.25) is 14.4 Å². The third-order valence-electron chi connectivity index (χ3n) is 10.7. The molecule has 2 N–H and O–H groups in total. The Morgan fingerprint density at radius 1 is 1.08 bits per heavy atom. The van der Waals surface area contributed by atoms with Crippen LogP contribution in [0.3, 0.4) is 0 Å². The van der Waals surface area contributed by atoms with Gasteiger partial charge >= 0.3 is 0 Å². The van der Waals surface area contributed by atoms with E-state index in [0.717, 1.165) is 50.2 Å². The molecule has 7 atom stereocenters. The van der Waals surface area contributed by atoms with Crippen molar-refractivity contribution in [2.24, 2.45) is 39.7 Å². The fourth-order valence-corrected chi connectivity index (χ4v) is 8.80. The van der Waals surface area contributed by atoms with E-state index >= 15 is 0 Å². The largest absolute Gasteiger partial charge is 0.385 e. The first kappa shape index (κ1) is 25.5. The van der Waals surface area contributed by atoms with Gasteiger partial charge in [0.05, 0.1) is 5.71 Å². The van der Waals surface area contributed by atoms with E-state index in [2.05, 4.69) is 35.7 Å². The predicted octanol–water partition coefficient (Wildman–Crippen LogP) is 4.31. The first-order valence-electron chi connectivity index (χ1n) is 14.2. The molecule has 0 spiro atoms. The summed E-state index contributed by atoms with van der Waals surface area (Å²) >= 11 is 0. The Morgan fingerprint density at radius 3 is 2.72 bits per heavy atom. The lowest BCUT2D eigenvalue weighted by atomic mass is 9.46. The number of carbonyl (C=O) groups excluding carboxylic acids is 3. The van der Waals surface area contributed by atoms with Crippen molar-refractivity contribution in [2.45, 2.75) is 97.4 Å². The van der Waals surface area contributed by atoms with E-state index in [-0.39, 0.29) is 35.2 Å². The molecule has 0 bridgehead atoms. The number of nitrogens with one attached hydrogen (secondary N) is 2. The van der Waals surface area contributed by atoms with E-state index in [4.69, 9.17) is 4.84 Å². The number of ketones is 1. The molecule has 5 aliphatic rings. The number of fused-ring (bicyclic) bond motifs is 5. The summed E-state index contributed by atoms with van der Waals surface area (Å²) < 4.78 is 0. The van der Waals surface area contributed by atoms with Gasteiger partial charge in [-0.1, -0.05) is 24.6 Å². The van der Waals surface area contributed by atoms with Crippen LogP contribution in [0.25, 0.3) is 0 Å².